The van der Waals surface area contributed by atoms with Crippen molar-refractivity contribution in [2.24, 2.45) is 5.92 Å². The van der Waals surface area contributed by atoms with Crippen LogP contribution in [0.5, 0.6) is 5.75 Å². The molecule has 0 N–H and O–H groups in total. The molecule has 1 amide bonds. The fraction of sp³-hybridized carbons (Fsp3) is 0.667. The Morgan fingerprint density at radius 2 is 2.08 bits per heavy atom. The summed E-state index contributed by atoms with van der Waals surface area (Å²) in [6.07, 6.45) is 4.00. The van der Waals surface area contributed by atoms with Gasteiger partial charge in [-0.05, 0) is 57.1 Å². The van der Waals surface area contributed by atoms with E-state index in [4.69, 9.17) is 14.2 Å². The summed E-state index contributed by atoms with van der Waals surface area (Å²) in [5, 5.41) is 0. The zero-order valence-electron chi connectivity index (χ0n) is 16.0. The van der Waals surface area contributed by atoms with E-state index in [1.807, 2.05) is 43.0 Å². The van der Waals surface area contributed by atoms with E-state index in [1.54, 1.807) is 0 Å². The minimum absolute atomic E-state index is 0.0508. The Morgan fingerprint density at radius 3 is 2.81 bits per heavy atom. The molecule has 2 saturated heterocycles. The molecule has 144 valence electrons. The maximum Gasteiger partial charge on any atom is 0.260 e. The molecule has 0 aromatic heterocycles. The van der Waals surface area contributed by atoms with Gasteiger partial charge in [0.05, 0.1) is 5.60 Å². The van der Waals surface area contributed by atoms with Crippen LogP contribution >= 0.6 is 0 Å². The lowest BCUT2D eigenvalue weighted by atomic mass is 9.78. The van der Waals surface area contributed by atoms with Gasteiger partial charge in [-0.2, -0.15) is 0 Å². The Hall–Kier alpha value is -1.59. The molecule has 1 spiro atoms. The van der Waals surface area contributed by atoms with Gasteiger partial charge in [0.2, 0.25) is 0 Å². The van der Waals surface area contributed by atoms with Gasteiger partial charge in [0, 0.05) is 32.9 Å². The van der Waals surface area contributed by atoms with E-state index in [9.17, 15) is 4.79 Å². The molecule has 0 aliphatic carbocycles. The van der Waals surface area contributed by atoms with Crippen LogP contribution in [0.3, 0.4) is 0 Å². The summed E-state index contributed by atoms with van der Waals surface area (Å²) in [5.41, 5.74) is 1.000. The SMILES string of the molecule is CCOCC[C@@H]1CCOC12CCN(C(=O)COc1ccccc1C)CC2. The molecule has 1 atom stereocenters. The van der Waals surface area contributed by atoms with E-state index in [1.165, 1.54) is 0 Å². The number of piperidine rings is 1. The molecule has 26 heavy (non-hydrogen) atoms. The van der Waals surface area contributed by atoms with Crippen molar-refractivity contribution in [1.82, 2.24) is 4.90 Å². The number of benzene rings is 1. The van der Waals surface area contributed by atoms with Crippen molar-refractivity contribution in [3.8, 4) is 5.75 Å². The van der Waals surface area contributed by atoms with Gasteiger partial charge in [-0.3, -0.25) is 4.79 Å². The highest BCUT2D eigenvalue weighted by Crippen LogP contribution is 2.42. The number of aryl methyl sites for hydroxylation is 1. The average molecular weight is 361 g/mol. The molecule has 0 bridgehead atoms. The summed E-state index contributed by atoms with van der Waals surface area (Å²) < 4.78 is 17.4. The van der Waals surface area contributed by atoms with Gasteiger partial charge < -0.3 is 19.1 Å². The fourth-order valence-electron chi connectivity index (χ4n) is 4.20. The van der Waals surface area contributed by atoms with Gasteiger partial charge in [0.15, 0.2) is 6.61 Å². The minimum atomic E-state index is -0.0508. The summed E-state index contributed by atoms with van der Waals surface area (Å²) in [6.45, 7) is 8.03. The third kappa shape index (κ3) is 4.38. The van der Waals surface area contributed by atoms with Crippen molar-refractivity contribution in [3.05, 3.63) is 29.8 Å². The number of carbonyl (C=O) groups is 1. The quantitative estimate of drug-likeness (QED) is 0.700. The van der Waals surface area contributed by atoms with Crippen molar-refractivity contribution in [1.29, 1.82) is 0 Å². The molecule has 0 radical (unpaired) electrons. The van der Waals surface area contributed by atoms with Crippen LogP contribution in [0.1, 0.15) is 38.2 Å². The first-order valence-corrected chi connectivity index (χ1v) is 9.82. The van der Waals surface area contributed by atoms with Gasteiger partial charge in [-0.25, -0.2) is 0 Å². The monoisotopic (exact) mass is 361 g/mol. The smallest absolute Gasteiger partial charge is 0.260 e. The second-order valence-corrected chi connectivity index (χ2v) is 7.32. The lowest BCUT2D eigenvalue weighted by Crippen LogP contribution is -2.50. The second-order valence-electron chi connectivity index (χ2n) is 7.32. The van der Waals surface area contributed by atoms with Gasteiger partial charge in [0.25, 0.3) is 5.91 Å². The summed E-state index contributed by atoms with van der Waals surface area (Å²) in [6, 6.07) is 7.79. The van der Waals surface area contributed by atoms with E-state index in [0.717, 1.165) is 69.9 Å². The van der Waals surface area contributed by atoms with Crippen LogP contribution in [0, 0.1) is 12.8 Å². The second kappa shape index (κ2) is 8.87. The number of carbonyl (C=O) groups excluding carboxylic acids is 1. The summed E-state index contributed by atoms with van der Waals surface area (Å²) in [5.74, 6) is 1.39. The van der Waals surface area contributed by atoms with E-state index in [-0.39, 0.29) is 18.1 Å². The minimum Gasteiger partial charge on any atom is -0.484 e. The average Bonchev–Trinajstić information content (AvgIpc) is 3.04. The molecule has 1 aromatic rings. The van der Waals surface area contributed by atoms with Crippen molar-refractivity contribution in [2.75, 3.05) is 39.5 Å². The van der Waals surface area contributed by atoms with Crippen molar-refractivity contribution >= 4 is 5.91 Å². The third-order valence-electron chi connectivity index (χ3n) is 5.82. The number of ether oxygens (including phenoxy) is 3. The lowest BCUT2D eigenvalue weighted by Gasteiger charge is -2.42. The molecule has 0 saturated carbocycles. The van der Waals surface area contributed by atoms with Crippen LogP contribution in [-0.4, -0.2) is 55.9 Å². The molecule has 5 nitrogen and oxygen atoms in total. The summed E-state index contributed by atoms with van der Waals surface area (Å²) >= 11 is 0. The molecule has 2 fully saturated rings. The predicted octanol–water partition coefficient (Wildman–Crippen LogP) is 3.20. The first-order chi connectivity index (χ1) is 12.6. The molecule has 3 rings (SSSR count). The van der Waals surface area contributed by atoms with E-state index < -0.39 is 0 Å². The largest absolute Gasteiger partial charge is 0.484 e. The summed E-state index contributed by atoms with van der Waals surface area (Å²) in [7, 11) is 0. The maximum absolute atomic E-state index is 12.5. The van der Waals surface area contributed by atoms with Gasteiger partial charge in [-0.15, -0.1) is 0 Å². The zero-order chi connectivity index (χ0) is 18.4. The molecule has 2 aliphatic rings. The lowest BCUT2D eigenvalue weighted by molar-refractivity contribution is -0.139. The molecule has 2 aliphatic heterocycles. The number of hydrogen-bond acceptors (Lipinski definition) is 4. The third-order valence-corrected chi connectivity index (χ3v) is 5.82. The molecule has 0 unspecified atom stereocenters. The first-order valence-electron chi connectivity index (χ1n) is 9.82. The van der Waals surface area contributed by atoms with Gasteiger partial charge in [-0.1, -0.05) is 18.2 Å². The number of para-hydroxylation sites is 1. The Bertz CT molecular complexity index is 595. The van der Waals surface area contributed by atoms with Crippen LogP contribution in [-0.2, 0) is 14.3 Å². The maximum atomic E-state index is 12.5. The Morgan fingerprint density at radius 1 is 1.31 bits per heavy atom. The summed E-state index contributed by atoms with van der Waals surface area (Å²) in [4.78, 5) is 14.4. The highest BCUT2D eigenvalue weighted by atomic mass is 16.5. The van der Waals surface area contributed by atoms with Crippen LogP contribution in [0.25, 0.3) is 0 Å². The van der Waals surface area contributed by atoms with Crippen LogP contribution in [0.15, 0.2) is 24.3 Å². The highest BCUT2D eigenvalue weighted by molar-refractivity contribution is 5.78. The number of hydrogen-bond donors (Lipinski definition) is 0. The van der Waals surface area contributed by atoms with Crippen LogP contribution in [0.2, 0.25) is 0 Å². The van der Waals surface area contributed by atoms with Crippen LogP contribution < -0.4 is 4.74 Å². The van der Waals surface area contributed by atoms with Gasteiger partial charge in [0.1, 0.15) is 5.75 Å². The predicted molar refractivity (Wildman–Crippen MR) is 100 cm³/mol. The van der Waals surface area contributed by atoms with Gasteiger partial charge >= 0.3 is 0 Å². The van der Waals surface area contributed by atoms with E-state index in [0.29, 0.717) is 5.92 Å². The molecular formula is C21H31NO4. The Balaban J connectivity index is 1.48. The van der Waals surface area contributed by atoms with Crippen molar-refractivity contribution in [2.45, 2.75) is 45.1 Å². The molecule has 2 heterocycles. The fourth-order valence-corrected chi connectivity index (χ4v) is 4.20. The van der Waals surface area contributed by atoms with Crippen molar-refractivity contribution in [3.63, 3.8) is 0 Å². The number of likely N-dealkylation sites (tertiary alicyclic amines) is 1. The van der Waals surface area contributed by atoms with E-state index in [2.05, 4.69) is 0 Å². The number of amides is 1. The van der Waals surface area contributed by atoms with Crippen LogP contribution in [0.4, 0.5) is 0 Å². The normalized spacial score (nSPS) is 21.9. The molecular weight excluding hydrogens is 330 g/mol. The highest BCUT2D eigenvalue weighted by Gasteiger charge is 2.46. The Labute approximate surface area is 156 Å². The van der Waals surface area contributed by atoms with Crippen molar-refractivity contribution < 1.29 is 19.0 Å². The van der Waals surface area contributed by atoms with E-state index >= 15 is 0 Å². The first kappa shape index (κ1) is 19.2. The zero-order valence-corrected chi connectivity index (χ0v) is 16.0. The number of rotatable bonds is 7. The number of nitrogens with zero attached hydrogens (tertiary/aromatic N) is 1. The Kier molecular flexibility index (Phi) is 6.54. The molecule has 1 aromatic carbocycles. The topological polar surface area (TPSA) is 48.0 Å². The standard InChI is InChI=1S/C21H31NO4/c1-3-24-14-8-18-9-15-26-21(18)10-12-22(13-11-21)20(23)16-25-19-7-5-4-6-17(19)2/h4-7,18H,3,8-16H2,1-2H3/t18-/m1/s1. The molecule has 5 heteroatoms.